The minimum atomic E-state index is -0.412. The summed E-state index contributed by atoms with van der Waals surface area (Å²) in [5, 5.41) is 4.18. The summed E-state index contributed by atoms with van der Waals surface area (Å²) in [5.41, 5.74) is 0.173. The van der Waals surface area contributed by atoms with Gasteiger partial charge in [0.1, 0.15) is 0 Å². The lowest BCUT2D eigenvalue weighted by Crippen LogP contribution is -2.41. The summed E-state index contributed by atoms with van der Waals surface area (Å²) in [6, 6.07) is 3.82. The van der Waals surface area contributed by atoms with E-state index in [1.54, 1.807) is 17.1 Å². The summed E-state index contributed by atoms with van der Waals surface area (Å²) in [6.07, 6.45) is 5.34. The van der Waals surface area contributed by atoms with Gasteiger partial charge >= 0.3 is 7.12 Å². The van der Waals surface area contributed by atoms with Crippen molar-refractivity contribution in [3.63, 3.8) is 0 Å². The molecule has 0 saturated carbocycles. The highest BCUT2D eigenvalue weighted by Crippen LogP contribution is 2.36. The highest BCUT2D eigenvalue weighted by molar-refractivity contribution is 9.10. The summed E-state index contributed by atoms with van der Waals surface area (Å²) >= 11 is 3.54. The van der Waals surface area contributed by atoms with E-state index in [4.69, 9.17) is 9.31 Å². The second-order valence-electron chi connectivity index (χ2n) is 6.11. The molecule has 0 aromatic carbocycles. The molecule has 1 aliphatic heterocycles. The molecule has 1 fully saturated rings. The Kier molecular flexibility index (Phi) is 3.46. The lowest BCUT2D eigenvalue weighted by Gasteiger charge is -2.32. The maximum absolute atomic E-state index is 6.03. The van der Waals surface area contributed by atoms with Gasteiger partial charge < -0.3 is 9.31 Å². The molecule has 5 nitrogen and oxygen atoms in total. The Bertz CT molecular complexity index is 642. The van der Waals surface area contributed by atoms with Crippen LogP contribution in [0.15, 0.2) is 35.2 Å². The molecule has 0 amide bonds. The SMILES string of the molecule is CC1(C)OB(c2cnc(-n3cccn3)c(Br)c2)OC1(C)C. The van der Waals surface area contributed by atoms with Gasteiger partial charge in [-0.3, -0.25) is 0 Å². The smallest absolute Gasteiger partial charge is 0.399 e. The molecular weight excluding hydrogens is 333 g/mol. The number of nitrogens with zero attached hydrogens (tertiary/aromatic N) is 3. The minimum Gasteiger partial charge on any atom is -0.399 e. The van der Waals surface area contributed by atoms with Crippen molar-refractivity contribution in [1.29, 1.82) is 0 Å². The predicted molar refractivity (Wildman–Crippen MR) is 84.8 cm³/mol. The van der Waals surface area contributed by atoms with Crippen molar-refractivity contribution >= 4 is 28.5 Å². The van der Waals surface area contributed by atoms with Gasteiger partial charge in [-0.05, 0) is 55.8 Å². The van der Waals surface area contributed by atoms with Crippen LogP contribution in [0.3, 0.4) is 0 Å². The standard InChI is InChI=1S/C14H17BBrN3O2/c1-13(2)14(3,4)21-15(20-13)10-8-11(16)12(17-9-10)19-7-5-6-18-19/h5-9H,1-4H3. The Balaban J connectivity index is 1.90. The fourth-order valence-corrected chi connectivity index (χ4v) is 2.66. The first-order valence-electron chi connectivity index (χ1n) is 6.81. The maximum Gasteiger partial charge on any atom is 0.496 e. The van der Waals surface area contributed by atoms with Gasteiger partial charge in [0.2, 0.25) is 0 Å². The third-order valence-electron chi connectivity index (χ3n) is 4.09. The molecule has 21 heavy (non-hydrogen) atoms. The van der Waals surface area contributed by atoms with E-state index in [-0.39, 0.29) is 11.2 Å². The monoisotopic (exact) mass is 349 g/mol. The fraction of sp³-hybridized carbons (Fsp3) is 0.429. The van der Waals surface area contributed by atoms with Crippen molar-refractivity contribution in [2.45, 2.75) is 38.9 Å². The number of pyridine rings is 1. The van der Waals surface area contributed by atoms with Crippen LogP contribution in [-0.4, -0.2) is 33.1 Å². The zero-order valence-electron chi connectivity index (χ0n) is 12.5. The Morgan fingerprint density at radius 1 is 1.19 bits per heavy atom. The van der Waals surface area contributed by atoms with Crippen LogP contribution in [0.4, 0.5) is 0 Å². The normalized spacial score (nSPS) is 20.0. The summed E-state index contributed by atoms with van der Waals surface area (Å²) < 4.78 is 14.6. The molecule has 1 aliphatic rings. The Morgan fingerprint density at radius 3 is 2.38 bits per heavy atom. The highest BCUT2D eigenvalue weighted by atomic mass is 79.9. The zero-order chi connectivity index (χ0) is 15.3. The first-order valence-corrected chi connectivity index (χ1v) is 7.60. The molecule has 0 aliphatic carbocycles. The number of hydrogen-bond acceptors (Lipinski definition) is 4. The van der Waals surface area contributed by atoms with Gasteiger partial charge in [-0.1, -0.05) is 0 Å². The fourth-order valence-electron chi connectivity index (χ4n) is 2.12. The summed E-state index contributed by atoms with van der Waals surface area (Å²) in [7, 11) is -0.412. The van der Waals surface area contributed by atoms with E-state index < -0.39 is 7.12 Å². The van der Waals surface area contributed by atoms with Crippen molar-refractivity contribution in [1.82, 2.24) is 14.8 Å². The summed E-state index contributed by atoms with van der Waals surface area (Å²) in [5.74, 6) is 0.736. The molecule has 0 spiro atoms. The number of aromatic nitrogens is 3. The third-order valence-corrected chi connectivity index (χ3v) is 4.67. The van der Waals surface area contributed by atoms with Crippen LogP contribution in [-0.2, 0) is 9.31 Å². The second kappa shape index (κ2) is 4.93. The van der Waals surface area contributed by atoms with Crippen molar-refractivity contribution in [3.8, 4) is 5.82 Å². The van der Waals surface area contributed by atoms with Crippen molar-refractivity contribution in [2.75, 3.05) is 0 Å². The van der Waals surface area contributed by atoms with Crippen LogP contribution in [0.1, 0.15) is 27.7 Å². The molecule has 110 valence electrons. The lowest BCUT2D eigenvalue weighted by atomic mass is 9.80. The number of hydrogen-bond donors (Lipinski definition) is 0. The molecule has 0 radical (unpaired) electrons. The van der Waals surface area contributed by atoms with Gasteiger partial charge in [-0.2, -0.15) is 5.10 Å². The first-order chi connectivity index (χ1) is 9.80. The topological polar surface area (TPSA) is 49.2 Å². The largest absolute Gasteiger partial charge is 0.496 e. The molecule has 0 atom stereocenters. The molecule has 2 aromatic heterocycles. The molecule has 3 heterocycles. The number of halogens is 1. The van der Waals surface area contributed by atoms with Crippen molar-refractivity contribution < 1.29 is 9.31 Å². The van der Waals surface area contributed by atoms with E-state index in [0.29, 0.717) is 0 Å². The Morgan fingerprint density at radius 2 is 1.86 bits per heavy atom. The van der Waals surface area contributed by atoms with E-state index in [2.05, 4.69) is 26.0 Å². The average Bonchev–Trinajstić information content (AvgIpc) is 2.96. The summed E-state index contributed by atoms with van der Waals surface area (Å²) in [6.45, 7) is 8.14. The number of rotatable bonds is 2. The van der Waals surface area contributed by atoms with E-state index in [1.807, 2.05) is 46.0 Å². The second-order valence-corrected chi connectivity index (χ2v) is 6.97. The molecule has 0 N–H and O–H groups in total. The van der Waals surface area contributed by atoms with Crippen LogP contribution >= 0.6 is 15.9 Å². The Labute approximate surface area is 132 Å². The summed E-state index contributed by atoms with van der Waals surface area (Å²) in [4.78, 5) is 4.45. The van der Waals surface area contributed by atoms with Gasteiger partial charge in [0.15, 0.2) is 5.82 Å². The molecular formula is C14H17BBrN3O2. The van der Waals surface area contributed by atoms with Gasteiger partial charge in [-0.15, -0.1) is 0 Å². The van der Waals surface area contributed by atoms with Crippen LogP contribution in [0.2, 0.25) is 0 Å². The van der Waals surface area contributed by atoms with E-state index in [0.717, 1.165) is 15.8 Å². The van der Waals surface area contributed by atoms with Crippen LogP contribution in [0.5, 0.6) is 0 Å². The van der Waals surface area contributed by atoms with Crippen molar-refractivity contribution in [2.24, 2.45) is 0 Å². The molecule has 0 unspecified atom stereocenters. The van der Waals surface area contributed by atoms with Gasteiger partial charge in [0, 0.05) is 24.1 Å². The van der Waals surface area contributed by atoms with E-state index in [1.165, 1.54) is 0 Å². The third kappa shape index (κ3) is 2.54. The lowest BCUT2D eigenvalue weighted by molar-refractivity contribution is 0.00578. The molecule has 2 aromatic rings. The molecule has 0 bridgehead atoms. The van der Waals surface area contributed by atoms with Gasteiger partial charge in [-0.25, -0.2) is 9.67 Å². The maximum atomic E-state index is 6.03. The first kappa shape index (κ1) is 14.7. The molecule has 7 heteroatoms. The van der Waals surface area contributed by atoms with Gasteiger partial charge in [0.05, 0.1) is 15.7 Å². The predicted octanol–water partition coefficient (Wildman–Crippen LogP) is 2.33. The van der Waals surface area contributed by atoms with E-state index in [9.17, 15) is 0 Å². The highest BCUT2D eigenvalue weighted by Gasteiger charge is 2.51. The van der Waals surface area contributed by atoms with Gasteiger partial charge in [0.25, 0.3) is 0 Å². The van der Waals surface area contributed by atoms with Crippen LogP contribution < -0.4 is 5.46 Å². The quantitative estimate of drug-likeness (QED) is 0.781. The molecule has 3 rings (SSSR count). The van der Waals surface area contributed by atoms with Crippen LogP contribution in [0.25, 0.3) is 5.82 Å². The Hall–Kier alpha value is -1.18. The zero-order valence-corrected chi connectivity index (χ0v) is 14.1. The van der Waals surface area contributed by atoms with Crippen LogP contribution in [0, 0.1) is 0 Å². The molecule has 1 saturated heterocycles. The van der Waals surface area contributed by atoms with Crippen molar-refractivity contribution in [3.05, 3.63) is 35.2 Å². The average molecular weight is 350 g/mol. The van der Waals surface area contributed by atoms with E-state index >= 15 is 0 Å². The minimum absolute atomic E-state index is 0.356.